The molecule has 0 spiro atoms. The van der Waals surface area contributed by atoms with Gasteiger partial charge in [0.05, 0.1) is 0 Å². The molecule has 0 atom stereocenters. The molecule has 0 aromatic heterocycles. The van der Waals surface area contributed by atoms with Crippen molar-refractivity contribution in [2.45, 2.75) is 19.8 Å². The number of halogens is 1. The van der Waals surface area contributed by atoms with Crippen molar-refractivity contribution in [3.63, 3.8) is 0 Å². The summed E-state index contributed by atoms with van der Waals surface area (Å²) in [4.78, 5) is 0. The SMILES string of the molecule is CCCC1=CC=C(Br)[SeH2]1. The zero-order valence-corrected chi connectivity index (χ0v) is 9.13. The molecule has 52 valence electrons. The Morgan fingerprint density at radius 3 is 2.78 bits per heavy atom. The van der Waals surface area contributed by atoms with Gasteiger partial charge >= 0.3 is 70.7 Å². The van der Waals surface area contributed by atoms with Crippen molar-refractivity contribution in [3.05, 3.63) is 20.0 Å². The molecule has 0 aliphatic carbocycles. The second-order valence-corrected chi connectivity index (χ2v) is 7.47. The molecule has 0 bridgehead atoms. The Labute approximate surface area is 70.7 Å². The molecule has 1 rings (SSSR count). The van der Waals surface area contributed by atoms with Crippen LogP contribution in [0.3, 0.4) is 0 Å². The van der Waals surface area contributed by atoms with Gasteiger partial charge in [-0.25, -0.2) is 0 Å². The van der Waals surface area contributed by atoms with Gasteiger partial charge in [-0.15, -0.1) is 0 Å². The predicted octanol–water partition coefficient (Wildman–Crippen LogP) is 2.09. The van der Waals surface area contributed by atoms with Crippen LogP contribution in [0.15, 0.2) is 20.0 Å². The monoisotopic (exact) mass is 254 g/mol. The van der Waals surface area contributed by atoms with Crippen LogP contribution in [0.1, 0.15) is 19.8 Å². The average Bonchev–Trinajstić information content (AvgIpc) is 2.17. The van der Waals surface area contributed by atoms with Gasteiger partial charge in [-0.3, -0.25) is 0 Å². The van der Waals surface area contributed by atoms with Crippen molar-refractivity contribution in [2.75, 3.05) is 0 Å². The maximum absolute atomic E-state index is 3.51. The summed E-state index contributed by atoms with van der Waals surface area (Å²) in [6.45, 7) is 2.24. The summed E-state index contributed by atoms with van der Waals surface area (Å²) in [6, 6.07) is 0. The molecule has 0 radical (unpaired) electrons. The molecule has 2 heteroatoms. The molecular formula is C7H11BrSe. The van der Waals surface area contributed by atoms with E-state index in [0.717, 1.165) is 0 Å². The number of allylic oxidation sites excluding steroid dienone is 3. The minimum absolute atomic E-state index is 0.123. The zero-order chi connectivity index (χ0) is 6.69. The number of hydrogen-bond donors (Lipinski definition) is 0. The molecule has 0 saturated heterocycles. The molecular weight excluding hydrogens is 243 g/mol. The summed E-state index contributed by atoms with van der Waals surface area (Å²) in [5, 5.41) is 0. The van der Waals surface area contributed by atoms with Crippen molar-refractivity contribution in [1.29, 1.82) is 0 Å². The normalized spacial score (nSPS) is 22.0. The van der Waals surface area contributed by atoms with Crippen molar-refractivity contribution in [2.24, 2.45) is 0 Å². The Morgan fingerprint density at radius 1 is 1.56 bits per heavy atom. The van der Waals surface area contributed by atoms with Gasteiger partial charge in [0.25, 0.3) is 0 Å². The Kier molecular flexibility index (Phi) is 3.03. The van der Waals surface area contributed by atoms with Crippen LogP contribution in [0, 0.1) is 0 Å². The molecule has 0 amide bonds. The fourth-order valence-corrected chi connectivity index (χ4v) is 4.41. The van der Waals surface area contributed by atoms with Gasteiger partial charge in [-0.1, -0.05) is 0 Å². The van der Waals surface area contributed by atoms with E-state index >= 15 is 0 Å². The Balaban J connectivity index is 2.35. The fourth-order valence-electron chi connectivity index (χ4n) is 0.826. The van der Waals surface area contributed by atoms with E-state index in [9.17, 15) is 0 Å². The summed E-state index contributed by atoms with van der Waals surface area (Å²) < 4.78 is 3.13. The van der Waals surface area contributed by atoms with Crippen LogP contribution in [0.5, 0.6) is 0 Å². The van der Waals surface area contributed by atoms with Gasteiger partial charge in [0.1, 0.15) is 0 Å². The molecule has 0 aromatic carbocycles. The first kappa shape index (κ1) is 7.58. The summed E-state index contributed by atoms with van der Waals surface area (Å²) in [5.74, 6) is 0. The topological polar surface area (TPSA) is 0 Å². The summed E-state index contributed by atoms with van der Waals surface area (Å²) in [5.41, 5.74) is 0. The summed E-state index contributed by atoms with van der Waals surface area (Å²) in [6.07, 6.45) is 7.08. The van der Waals surface area contributed by atoms with Crippen LogP contribution in [-0.2, 0) is 0 Å². The molecule has 0 unspecified atom stereocenters. The first-order valence-electron chi connectivity index (χ1n) is 3.16. The van der Waals surface area contributed by atoms with Crippen molar-refractivity contribution < 1.29 is 0 Å². The first-order chi connectivity index (χ1) is 4.33. The van der Waals surface area contributed by atoms with Crippen molar-refractivity contribution >= 4 is 30.9 Å². The third-order valence-corrected chi connectivity index (χ3v) is 4.92. The van der Waals surface area contributed by atoms with Crippen molar-refractivity contribution in [1.82, 2.24) is 0 Å². The van der Waals surface area contributed by atoms with E-state index in [0.29, 0.717) is 0 Å². The van der Waals surface area contributed by atoms with E-state index < -0.39 is 0 Å². The van der Waals surface area contributed by atoms with Crippen LogP contribution in [0.4, 0.5) is 0 Å². The fraction of sp³-hybridized carbons (Fsp3) is 0.429. The van der Waals surface area contributed by atoms with E-state index in [1.807, 2.05) is 0 Å². The third kappa shape index (κ3) is 2.29. The Bertz CT molecular complexity index is 158. The van der Waals surface area contributed by atoms with Crippen LogP contribution >= 0.6 is 15.9 Å². The van der Waals surface area contributed by atoms with E-state index in [1.54, 1.807) is 4.47 Å². The second kappa shape index (κ2) is 3.60. The first-order valence-corrected chi connectivity index (χ1v) is 6.05. The molecule has 1 heterocycles. The van der Waals surface area contributed by atoms with Crippen LogP contribution in [0.2, 0.25) is 0 Å². The molecule has 1 aliphatic rings. The standard InChI is InChI=1S/C7H11BrSe/c1-2-3-6-4-5-7(8)9-6/h4-5H,2-3,9H2,1H3. The summed E-state index contributed by atoms with van der Waals surface area (Å²) >= 11 is 3.64. The third-order valence-electron chi connectivity index (χ3n) is 1.23. The van der Waals surface area contributed by atoms with E-state index in [-0.39, 0.29) is 15.0 Å². The Morgan fingerprint density at radius 2 is 2.33 bits per heavy atom. The summed E-state index contributed by atoms with van der Waals surface area (Å²) in [7, 11) is 0. The van der Waals surface area contributed by atoms with E-state index in [2.05, 4.69) is 35.0 Å². The zero-order valence-electron chi connectivity index (χ0n) is 5.45. The van der Waals surface area contributed by atoms with Gasteiger partial charge < -0.3 is 0 Å². The number of hydrogen-bond acceptors (Lipinski definition) is 0. The number of rotatable bonds is 2. The van der Waals surface area contributed by atoms with Gasteiger partial charge in [0.15, 0.2) is 0 Å². The predicted molar refractivity (Wildman–Crippen MR) is 48.5 cm³/mol. The maximum atomic E-state index is 3.51. The van der Waals surface area contributed by atoms with Crippen LogP contribution < -0.4 is 0 Å². The second-order valence-electron chi connectivity index (χ2n) is 2.08. The molecule has 0 N–H and O–H groups in total. The van der Waals surface area contributed by atoms with Crippen LogP contribution in [0.25, 0.3) is 0 Å². The van der Waals surface area contributed by atoms with Crippen LogP contribution in [-0.4, -0.2) is 15.0 Å². The molecule has 1 aliphatic heterocycles. The van der Waals surface area contributed by atoms with Gasteiger partial charge in [0.2, 0.25) is 0 Å². The molecule has 0 aromatic rings. The Hall–Kier alpha value is 0.479. The quantitative estimate of drug-likeness (QED) is 0.662. The van der Waals surface area contributed by atoms with E-state index in [4.69, 9.17) is 0 Å². The minimum atomic E-state index is 0.123. The van der Waals surface area contributed by atoms with Gasteiger partial charge in [0, 0.05) is 0 Å². The van der Waals surface area contributed by atoms with E-state index in [1.165, 1.54) is 16.2 Å². The molecule has 0 fully saturated rings. The molecule has 0 nitrogen and oxygen atoms in total. The van der Waals surface area contributed by atoms with Gasteiger partial charge in [-0.2, -0.15) is 0 Å². The average molecular weight is 254 g/mol. The molecule has 0 saturated carbocycles. The van der Waals surface area contributed by atoms with Gasteiger partial charge in [-0.05, 0) is 0 Å². The molecule has 9 heavy (non-hydrogen) atoms. The van der Waals surface area contributed by atoms with Crippen molar-refractivity contribution in [3.8, 4) is 0 Å².